The monoisotopic (exact) mass is 664 g/mol. The van der Waals surface area contributed by atoms with Crippen molar-refractivity contribution in [1.29, 1.82) is 0 Å². The van der Waals surface area contributed by atoms with Crippen LogP contribution in [0.25, 0.3) is 0 Å². The van der Waals surface area contributed by atoms with Crippen molar-refractivity contribution < 1.29 is 120 Å². The lowest BCUT2D eigenvalue weighted by Crippen LogP contribution is -2.78. The molecule has 0 saturated carbocycles. The number of rotatable bonds is 11. The van der Waals surface area contributed by atoms with Gasteiger partial charge in [0.05, 0.1) is 0 Å². The Morgan fingerprint density at radius 2 is 0.400 bits per heavy atom. The normalized spacial score (nSPS) is 16.9. The lowest BCUT2D eigenvalue weighted by atomic mass is 9.73. The summed E-state index contributed by atoms with van der Waals surface area (Å²) in [6.07, 6.45) is -8.19. The van der Waals surface area contributed by atoms with Gasteiger partial charge in [0.2, 0.25) is 0 Å². The lowest BCUT2D eigenvalue weighted by molar-refractivity contribution is -0.481. The maximum absolute atomic E-state index is 13.5. The maximum Gasteiger partial charge on any atom is 0.536 e. The summed E-state index contributed by atoms with van der Waals surface area (Å²) in [5.41, 5.74) is 0. The van der Waals surface area contributed by atoms with E-state index < -0.39 is 78.3 Å². The van der Waals surface area contributed by atoms with Crippen LogP contribution in [0.5, 0.6) is 0 Å². The Bertz CT molecular complexity index is 931. The molecule has 0 amide bonds. The van der Waals surface area contributed by atoms with E-state index in [1.165, 1.54) is 0 Å². The van der Waals surface area contributed by atoms with Gasteiger partial charge >= 0.3 is 78.3 Å². The molecule has 0 aromatic heterocycles. The van der Waals surface area contributed by atoms with Gasteiger partial charge in [-0.3, -0.25) is 0 Å². The van der Waals surface area contributed by atoms with Crippen LogP contribution < -0.4 is 0 Å². The molecular weight excluding hydrogens is 662 g/mol. The van der Waals surface area contributed by atoms with Crippen LogP contribution in [0.4, 0.5) is 110 Å². The molecule has 0 aliphatic carbocycles. The van der Waals surface area contributed by atoms with Gasteiger partial charge in [-0.2, -0.15) is 101 Å². The van der Waals surface area contributed by atoms with Gasteiger partial charge in [-0.05, 0) is 0 Å². The van der Waals surface area contributed by atoms with Crippen molar-refractivity contribution in [3.8, 4) is 0 Å². The molecule has 0 aromatic carbocycles. The molecule has 0 saturated heterocycles. The first-order chi connectivity index (χ1) is 16.7. The Labute approximate surface area is 199 Å². The van der Waals surface area contributed by atoms with Gasteiger partial charge in [0.1, 0.15) is 0 Å². The van der Waals surface area contributed by atoms with Crippen molar-refractivity contribution in [1.82, 2.24) is 0 Å². The van der Waals surface area contributed by atoms with Crippen molar-refractivity contribution in [3.05, 3.63) is 0 Å². The minimum Gasteiger partial charge on any atom is -0.423 e. The fraction of sp³-hybridized carbons (Fsp3) is 1.00. The Morgan fingerprint density at radius 1 is 0.250 bits per heavy atom. The number of hydrogen-bond donors (Lipinski definition) is 2. The van der Waals surface area contributed by atoms with Crippen LogP contribution in [0.15, 0.2) is 0 Å². The standard InChI is InChI=1S/C12H2BF25O2/c14-1(15,3(18,19)5(22,23)7(26,27)9(30,31)11(34,35)13(39)40)2(16,17)4(20,21)6(24,25)8(28,29)10(32,33)12(36,37)38/h39-40H. The molecule has 2 N–H and O–H groups in total. The van der Waals surface area contributed by atoms with Gasteiger partial charge in [0, 0.05) is 0 Å². The van der Waals surface area contributed by atoms with Crippen LogP contribution in [-0.2, 0) is 0 Å². The molecular formula is C12H2BF25O2. The first kappa shape index (κ1) is 38.2. The van der Waals surface area contributed by atoms with Gasteiger partial charge in [0.25, 0.3) is 0 Å². The van der Waals surface area contributed by atoms with Gasteiger partial charge in [-0.15, -0.1) is 0 Å². The second-order valence-electron chi connectivity index (χ2n) is 7.24. The van der Waals surface area contributed by atoms with Crippen molar-refractivity contribution in [3.63, 3.8) is 0 Å². The van der Waals surface area contributed by atoms with E-state index in [1.807, 2.05) is 0 Å². The Hall–Kier alpha value is -1.77. The Morgan fingerprint density at radius 3 is 0.550 bits per heavy atom. The van der Waals surface area contributed by atoms with Gasteiger partial charge in [-0.25, -0.2) is 8.78 Å². The first-order valence-electron chi connectivity index (χ1n) is 8.28. The van der Waals surface area contributed by atoms with Crippen LogP contribution >= 0.6 is 0 Å². The Kier molecular flexibility index (Phi) is 8.71. The average Bonchev–Trinajstić information content (AvgIpc) is 2.71. The molecule has 0 heterocycles. The molecule has 0 aliphatic heterocycles. The van der Waals surface area contributed by atoms with E-state index in [4.69, 9.17) is 10.0 Å². The molecule has 40 heavy (non-hydrogen) atoms. The van der Waals surface area contributed by atoms with Gasteiger partial charge < -0.3 is 10.0 Å². The molecule has 0 radical (unpaired) electrons. The molecule has 0 rings (SSSR count). The predicted octanol–water partition coefficient (Wildman–Crippen LogP) is 6.55. The largest absolute Gasteiger partial charge is 0.536 e. The van der Waals surface area contributed by atoms with Crippen LogP contribution in [0, 0.1) is 0 Å². The molecule has 0 bridgehead atoms. The van der Waals surface area contributed by atoms with Gasteiger partial charge in [-0.1, -0.05) is 0 Å². The topological polar surface area (TPSA) is 40.5 Å². The van der Waals surface area contributed by atoms with E-state index in [9.17, 15) is 110 Å². The third kappa shape index (κ3) is 4.22. The first-order valence-corrected chi connectivity index (χ1v) is 8.28. The number of halogens is 25. The fourth-order valence-electron chi connectivity index (χ4n) is 2.13. The zero-order valence-electron chi connectivity index (χ0n) is 16.9. The van der Waals surface area contributed by atoms with E-state index >= 15 is 0 Å². The van der Waals surface area contributed by atoms with Crippen molar-refractivity contribution in [2.24, 2.45) is 0 Å². The molecule has 0 aromatic rings. The highest BCUT2D eigenvalue weighted by Crippen LogP contribution is 2.67. The van der Waals surface area contributed by atoms with Crippen molar-refractivity contribution in [2.45, 2.75) is 71.2 Å². The lowest BCUT2D eigenvalue weighted by Gasteiger charge is -2.45. The summed E-state index contributed by atoms with van der Waals surface area (Å²) in [5.74, 6) is -100. The molecule has 2 nitrogen and oxygen atoms in total. The highest BCUT2D eigenvalue weighted by atomic mass is 19.4. The fourth-order valence-corrected chi connectivity index (χ4v) is 2.13. The summed E-state index contributed by atoms with van der Waals surface area (Å²) in [5, 5.41) is 15.7. The van der Waals surface area contributed by atoms with Crippen molar-refractivity contribution >= 4 is 7.12 Å². The zero-order chi connectivity index (χ0) is 33.6. The molecule has 0 fully saturated rings. The third-order valence-electron chi connectivity index (χ3n) is 4.65. The SMILES string of the molecule is OB(O)C(F)(F)C(F)(F)C(F)(F)C(F)(F)C(F)(F)C(F)(F)C(F)(F)C(F)(F)C(F)(F)C(F)(F)C(F)(F)C(F)(F)F. The minimum atomic E-state index is -9.66. The summed E-state index contributed by atoms with van der Waals surface area (Å²) >= 11 is 0. The van der Waals surface area contributed by atoms with E-state index in [0.29, 0.717) is 0 Å². The second-order valence-corrected chi connectivity index (χ2v) is 7.24. The highest BCUT2D eigenvalue weighted by Gasteiger charge is 2.99. The summed E-state index contributed by atoms with van der Waals surface area (Å²) < 4.78 is 326. The zero-order valence-corrected chi connectivity index (χ0v) is 16.9. The van der Waals surface area contributed by atoms with E-state index in [1.54, 1.807) is 0 Å². The van der Waals surface area contributed by atoms with Crippen molar-refractivity contribution in [2.75, 3.05) is 0 Å². The predicted molar refractivity (Wildman–Crippen MR) is 70.7 cm³/mol. The third-order valence-corrected chi connectivity index (χ3v) is 4.65. The van der Waals surface area contributed by atoms with E-state index in [-0.39, 0.29) is 0 Å². The minimum absolute atomic E-state index is 5.33. The molecule has 240 valence electrons. The summed E-state index contributed by atoms with van der Waals surface area (Å²) in [4.78, 5) is 0. The molecule has 0 aliphatic rings. The molecule has 0 atom stereocenters. The summed E-state index contributed by atoms with van der Waals surface area (Å²) in [7, 11) is -5.33. The number of hydrogen-bond acceptors (Lipinski definition) is 2. The average molecular weight is 664 g/mol. The molecule has 28 heteroatoms. The van der Waals surface area contributed by atoms with E-state index in [0.717, 1.165) is 0 Å². The van der Waals surface area contributed by atoms with Crippen LogP contribution in [0.2, 0.25) is 0 Å². The maximum atomic E-state index is 13.5. The van der Waals surface area contributed by atoms with E-state index in [2.05, 4.69) is 0 Å². The smallest absolute Gasteiger partial charge is 0.423 e. The highest BCUT2D eigenvalue weighted by molar-refractivity contribution is 6.44. The molecule has 0 spiro atoms. The summed E-state index contributed by atoms with van der Waals surface area (Å²) in [6.45, 7) is 0. The van der Waals surface area contributed by atoms with Crippen LogP contribution in [0.3, 0.4) is 0 Å². The molecule has 0 unspecified atom stereocenters. The quantitative estimate of drug-likeness (QED) is 0.195. The summed E-state index contributed by atoms with van der Waals surface area (Å²) in [6, 6.07) is 0. The van der Waals surface area contributed by atoms with Crippen LogP contribution in [-0.4, -0.2) is 88.4 Å². The number of alkyl halides is 25. The second kappa shape index (κ2) is 9.12. The van der Waals surface area contributed by atoms with Gasteiger partial charge in [0.15, 0.2) is 0 Å². The van der Waals surface area contributed by atoms with Crippen LogP contribution in [0.1, 0.15) is 0 Å². The Balaban J connectivity index is 7.35.